The number of amides is 1. The molecule has 1 aliphatic rings. The van der Waals surface area contributed by atoms with Crippen molar-refractivity contribution in [2.75, 3.05) is 20.2 Å². The number of hydrogen-bond donors (Lipinski definition) is 3. The number of nitrogens with one attached hydrogen (secondary N) is 2. The van der Waals surface area contributed by atoms with Gasteiger partial charge in [-0.25, -0.2) is 0 Å². The lowest BCUT2D eigenvalue weighted by atomic mass is 10.2. The van der Waals surface area contributed by atoms with Gasteiger partial charge < -0.3 is 21.1 Å². The Hall–Kier alpha value is -0.650. The van der Waals surface area contributed by atoms with E-state index < -0.39 is 0 Å². The normalized spacial score (nSPS) is 19.2. The standard InChI is InChI=1S/C11H23N3O2/c1-8(16-2)7-13-10(6-12)5-11(15)14-9-3-4-9/h8-10,13H,3-7,12H2,1-2H3,(H,14,15). The van der Waals surface area contributed by atoms with E-state index >= 15 is 0 Å². The van der Waals surface area contributed by atoms with Crippen LogP contribution in [0.25, 0.3) is 0 Å². The van der Waals surface area contributed by atoms with Crippen molar-refractivity contribution in [3.8, 4) is 0 Å². The molecule has 0 spiro atoms. The predicted octanol–water partition coefficient (Wildman–Crippen LogP) is -0.393. The van der Waals surface area contributed by atoms with Gasteiger partial charge in [0.25, 0.3) is 0 Å². The number of ether oxygens (including phenoxy) is 1. The third kappa shape index (κ3) is 5.44. The summed E-state index contributed by atoms with van der Waals surface area (Å²) < 4.78 is 5.12. The van der Waals surface area contributed by atoms with E-state index in [0.29, 0.717) is 19.0 Å². The van der Waals surface area contributed by atoms with Crippen molar-refractivity contribution in [3.63, 3.8) is 0 Å². The molecule has 1 rings (SSSR count). The number of hydrogen-bond acceptors (Lipinski definition) is 4. The van der Waals surface area contributed by atoms with E-state index in [-0.39, 0.29) is 18.1 Å². The highest BCUT2D eigenvalue weighted by molar-refractivity contribution is 5.77. The third-order valence-corrected chi connectivity index (χ3v) is 2.76. The monoisotopic (exact) mass is 229 g/mol. The Morgan fingerprint density at radius 2 is 2.25 bits per heavy atom. The lowest BCUT2D eigenvalue weighted by Gasteiger charge is -2.18. The van der Waals surface area contributed by atoms with Crippen molar-refractivity contribution in [2.24, 2.45) is 5.73 Å². The van der Waals surface area contributed by atoms with Gasteiger partial charge in [0.2, 0.25) is 5.91 Å². The molecule has 0 aromatic carbocycles. The van der Waals surface area contributed by atoms with Crippen molar-refractivity contribution < 1.29 is 9.53 Å². The van der Waals surface area contributed by atoms with E-state index in [2.05, 4.69) is 10.6 Å². The Labute approximate surface area is 97.1 Å². The van der Waals surface area contributed by atoms with E-state index in [4.69, 9.17) is 10.5 Å². The van der Waals surface area contributed by atoms with Crippen LogP contribution in [0, 0.1) is 0 Å². The predicted molar refractivity (Wildman–Crippen MR) is 63.1 cm³/mol. The Morgan fingerprint density at radius 3 is 2.75 bits per heavy atom. The summed E-state index contributed by atoms with van der Waals surface area (Å²) >= 11 is 0. The minimum absolute atomic E-state index is 0.0383. The highest BCUT2D eigenvalue weighted by atomic mass is 16.5. The van der Waals surface area contributed by atoms with Crippen LogP contribution >= 0.6 is 0 Å². The summed E-state index contributed by atoms with van der Waals surface area (Å²) in [5.74, 6) is 0.0931. The van der Waals surface area contributed by atoms with E-state index in [9.17, 15) is 4.79 Å². The van der Waals surface area contributed by atoms with Crippen LogP contribution in [0.3, 0.4) is 0 Å². The van der Waals surface area contributed by atoms with Crippen LogP contribution in [0.15, 0.2) is 0 Å². The molecule has 0 aromatic rings. The number of nitrogens with two attached hydrogens (primary N) is 1. The van der Waals surface area contributed by atoms with Crippen molar-refractivity contribution >= 4 is 5.91 Å². The number of rotatable bonds is 8. The van der Waals surface area contributed by atoms with Crippen LogP contribution in [0.4, 0.5) is 0 Å². The number of carbonyl (C=O) groups excluding carboxylic acids is 1. The fourth-order valence-corrected chi connectivity index (χ4v) is 1.39. The Balaban J connectivity index is 2.16. The molecule has 0 heterocycles. The first-order chi connectivity index (χ1) is 7.65. The maximum Gasteiger partial charge on any atom is 0.221 e. The molecule has 1 aliphatic carbocycles. The first-order valence-corrected chi connectivity index (χ1v) is 5.91. The highest BCUT2D eigenvalue weighted by Gasteiger charge is 2.24. The average molecular weight is 229 g/mol. The minimum atomic E-state index is 0.0383. The second-order valence-corrected chi connectivity index (χ2v) is 4.43. The first kappa shape index (κ1) is 13.4. The van der Waals surface area contributed by atoms with Crippen LogP contribution in [0.1, 0.15) is 26.2 Å². The van der Waals surface area contributed by atoms with E-state index in [1.807, 2.05) is 6.92 Å². The molecule has 16 heavy (non-hydrogen) atoms. The van der Waals surface area contributed by atoms with E-state index in [1.165, 1.54) is 0 Å². The summed E-state index contributed by atoms with van der Waals surface area (Å²) in [7, 11) is 1.67. The summed E-state index contributed by atoms with van der Waals surface area (Å²) in [5, 5.41) is 6.19. The van der Waals surface area contributed by atoms with Gasteiger partial charge in [0.1, 0.15) is 0 Å². The van der Waals surface area contributed by atoms with Crippen LogP contribution in [0.2, 0.25) is 0 Å². The largest absolute Gasteiger partial charge is 0.380 e. The van der Waals surface area contributed by atoms with Crippen LogP contribution in [0.5, 0.6) is 0 Å². The van der Waals surface area contributed by atoms with Gasteiger partial charge in [-0.15, -0.1) is 0 Å². The summed E-state index contributed by atoms with van der Waals surface area (Å²) in [6, 6.07) is 0.458. The average Bonchev–Trinajstić information content (AvgIpc) is 3.07. The van der Waals surface area contributed by atoms with Crippen molar-refractivity contribution in [1.82, 2.24) is 10.6 Å². The Morgan fingerprint density at radius 1 is 1.56 bits per heavy atom. The quantitative estimate of drug-likeness (QED) is 0.530. The molecule has 0 radical (unpaired) electrons. The lowest BCUT2D eigenvalue weighted by molar-refractivity contribution is -0.121. The second-order valence-electron chi connectivity index (χ2n) is 4.43. The third-order valence-electron chi connectivity index (χ3n) is 2.76. The van der Waals surface area contributed by atoms with Gasteiger partial charge >= 0.3 is 0 Å². The van der Waals surface area contributed by atoms with Gasteiger partial charge in [0, 0.05) is 38.7 Å². The summed E-state index contributed by atoms with van der Waals surface area (Å²) in [6.07, 6.45) is 2.82. The van der Waals surface area contributed by atoms with Gasteiger partial charge in [0.05, 0.1) is 6.10 Å². The van der Waals surface area contributed by atoms with Gasteiger partial charge in [0.15, 0.2) is 0 Å². The number of carbonyl (C=O) groups is 1. The van der Waals surface area contributed by atoms with E-state index in [0.717, 1.165) is 19.4 Å². The number of methoxy groups -OCH3 is 1. The molecule has 0 bridgehead atoms. The molecule has 0 aliphatic heterocycles. The lowest BCUT2D eigenvalue weighted by Crippen LogP contribution is -2.43. The maximum atomic E-state index is 11.5. The van der Waals surface area contributed by atoms with Crippen molar-refractivity contribution in [2.45, 2.75) is 44.4 Å². The molecule has 1 amide bonds. The first-order valence-electron chi connectivity index (χ1n) is 5.91. The van der Waals surface area contributed by atoms with Crippen molar-refractivity contribution in [1.29, 1.82) is 0 Å². The molecule has 94 valence electrons. The second kappa shape index (κ2) is 6.83. The summed E-state index contributed by atoms with van der Waals surface area (Å²) in [5.41, 5.74) is 5.61. The molecular formula is C11H23N3O2. The summed E-state index contributed by atoms with van der Waals surface area (Å²) in [4.78, 5) is 11.5. The van der Waals surface area contributed by atoms with E-state index in [1.54, 1.807) is 7.11 Å². The highest BCUT2D eigenvalue weighted by Crippen LogP contribution is 2.18. The molecule has 0 saturated heterocycles. The zero-order valence-electron chi connectivity index (χ0n) is 10.2. The van der Waals surface area contributed by atoms with Crippen LogP contribution in [-0.2, 0) is 9.53 Å². The smallest absolute Gasteiger partial charge is 0.221 e. The fraction of sp³-hybridized carbons (Fsp3) is 0.909. The zero-order valence-corrected chi connectivity index (χ0v) is 10.2. The van der Waals surface area contributed by atoms with Crippen LogP contribution in [-0.4, -0.2) is 44.3 Å². The minimum Gasteiger partial charge on any atom is -0.380 e. The molecule has 2 unspecified atom stereocenters. The molecule has 4 N–H and O–H groups in total. The molecule has 0 aromatic heterocycles. The molecule has 2 atom stereocenters. The fourth-order valence-electron chi connectivity index (χ4n) is 1.39. The molecule has 5 nitrogen and oxygen atoms in total. The zero-order chi connectivity index (χ0) is 12.0. The summed E-state index contributed by atoms with van der Waals surface area (Å²) in [6.45, 7) is 3.16. The van der Waals surface area contributed by atoms with Crippen molar-refractivity contribution in [3.05, 3.63) is 0 Å². The Kier molecular flexibility index (Phi) is 5.73. The van der Waals surface area contributed by atoms with Gasteiger partial charge in [-0.05, 0) is 19.8 Å². The molecule has 1 fully saturated rings. The maximum absolute atomic E-state index is 11.5. The molecular weight excluding hydrogens is 206 g/mol. The Bertz CT molecular complexity index is 219. The molecule has 5 heteroatoms. The van der Waals surface area contributed by atoms with Gasteiger partial charge in [-0.1, -0.05) is 0 Å². The van der Waals surface area contributed by atoms with Gasteiger partial charge in [-0.2, -0.15) is 0 Å². The molecule has 1 saturated carbocycles. The van der Waals surface area contributed by atoms with Crippen LogP contribution < -0.4 is 16.4 Å². The SMILES string of the molecule is COC(C)CNC(CN)CC(=O)NC1CC1. The van der Waals surface area contributed by atoms with Gasteiger partial charge in [-0.3, -0.25) is 4.79 Å². The topological polar surface area (TPSA) is 76.4 Å².